The number of urea groups is 1. The van der Waals surface area contributed by atoms with Crippen LogP contribution in [0.4, 0.5) is 4.79 Å². The van der Waals surface area contributed by atoms with Crippen LogP contribution in [0.15, 0.2) is 24.3 Å². The van der Waals surface area contributed by atoms with Crippen LogP contribution in [0.5, 0.6) is 0 Å². The third-order valence-corrected chi connectivity index (χ3v) is 5.07. The normalized spacial score (nSPS) is 22.2. The summed E-state index contributed by atoms with van der Waals surface area (Å²) < 4.78 is 0. The minimum Gasteiger partial charge on any atom is -0.355 e. The van der Waals surface area contributed by atoms with E-state index in [1.54, 1.807) is 13.8 Å². The molecule has 1 aliphatic heterocycles. The Hall–Kier alpha value is -2.90. The first-order valence-corrected chi connectivity index (χ1v) is 9.18. The van der Waals surface area contributed by atoms with Gasteiger partial charge in [-0.05, 0) is 44.2 Å². The highest BCUT2D eigenvalue weighted by Gasteiger charge is 2.54. The number of hydrogen-bond donors (Lipinski definition) is 3. The zero-order valence-electron chi connectivity index (χ0n) is 15.5. The summed E-state index contributed by atoms with van der Waals surface area (Å²) in [6.45, 7) is 3.36. The van der Waals surface area contributed by atoms with Crippen LogP contribution in [0.3, 0.4) is 0 Å². The van der Waals surface area contributed by atoms with E-state index in [-0.39, 0.29) is 5.91 Å². The highest BCUT2D eigenvalue weighted by atomic mass is 16.2. The lowest BCUT2D eigenvalue weighted by Crippen LogP contribution is -2.50. The lowest BCUT2D eigenvalue weighted by atomic mass is 9.76. The van der Waals surface area contributed by atoms with Gasteiger partial charge in [0.25, 0.3) is 5.91 Å². The van der Waals surface area contributed by atoms with E-state index in [0.717, 1.165) is 28.9 Å². The minimum atomic E-state index is -1.10. The van der Waals surface area contributed by atoms with Crippen LogP contribution < -0.4 is 16.0 Å². The summed E-state index contributed by atoms with van der Waals surface area (Å²) in [6.07, 6.45) is 2.13. The number of benzene rings is 1. The van der Waals surface area contributed by atoms with Crippen molar-refractivity contribution in [3.63, 3.8) is 0 Å². The van der Waals surface area contributed by atoms with Crippen LogP contribution in [0.2, 0.25) is 0 Å². The van der Waals surface area contributed by atoms with Crippen LogP contribution in [0.1, 0.15) is 37.8 Å². The summed E-state index contributed by atoms with van der Waals surface area (Å²) in [7, 11) is 0. The SMILES string of the molecule is CCNC(=O)[C@H](C)NC(=O)CN1C(=O)N[C@]2(CCCc3ccccc32)C1=O. The van der Waals surface area contributed by atoms with Crippen LogP contribution in [-0.2, 0) is 26.3 Å². The molecule has 1 aliphatic carbocycles. The molecule has 1 aromatic carbocycles. The summed E-state index contributed by atoms with van der Waals surface area (Å²) in [5.74, 6) is -1.29. The molecule has 1 spiro atoms. The van der Waals surface area contributed by atoms with Crippen molar-refractivity contribution in [1.82, 2.24) is 20.9 Å². The second-order valence-electron chi connectivity index (χ2n) is 6.92. The molecule has 3 rings (SSSR count). The summed E-state index contributed by atoms with van der Waals surface area (Å²) in [4.78, 5) is 50.5. The molecule has 1 aromatic rings. The van der Waals surface area contributed by atoms with Crippen molar-refractivity contribution in [3.8, 4) is 0 Å². The summed E-state index contributed by atoms with van der Waals surface area (Å²) in [5.41, 5.74) is 0.735. The van der Waals surface area contributed by atoms with E-state index in [1.165, 1.54) is 0 Å². The molecular formula is C19H24N4O4. The average molecular weight is 372 g/mol. The highest BCUT2D eigenvalue weighted by Crippen LogP contribution is 2.39. The first-order chi connectivity index (χ1) is 12.9. The number of nitrogens with zero attached hydrogens (tertiary/aromatic N) is 1. The standard InChI is InChI=1S/C19H24N4O4/c1-3-20-16(25)12(2)21-15(24)11-23-17(26)19(22-18(23)27)10-6-8-13-7-4-5-9-14(13)19/h4-5,7,9,12H,3,6,8,10-11H2,1-2H3,(H,20,25)(H,21,24)(H,22,27)/t12-,19-/m0/s1. The summed E-state index contributed by atoms with van der Waals surface area (Å²) in [5, 5.41) is 7.93. The zero-order valence-corrected chi connectivity index (χ0v) is 15.5. The van der Waals surface area contributed by atoms with Crippen molar-refractivity contribution >= 4 is 23.8 Å². The largest absolute Gasteiger partial charge is 0.355 e. The molecule has 5 amide bonds. The lowest BCUT2D eigenvalue weighted by Gasteiger charge is -2.33. The van der Waals surface area contributed by atoms with Gasteiger partial charge in [0.2, 0.25) is 11.8 Å². The van der Waals surface area contributed by atoms with Gasteiger partial charge in [-0.2, -0.15) is 0 Å². The number of fused-ring (bicyclic) bond motifs is 2. The van der Waals surface area contributed by atoms with Crippen molar-refractivity contribution in [3.05, 3.63) is 35.4 Å². The molecule has 3 N–H and O–H groups in total. The molecule has 1 heterocycles. The van der Waals surface area contributed by atoms with Gasteiger partial charge >= 0.3 is 6.03 Å². The van der Waals surface area contributed by atoms with Crippen molar-refractivity contribution in [2.75, 3.05) is 13.1 Å². The molecule has 8 nitrogen and oxygen atoms in total. The maximum Gasteiger partial charge on any atom is 0.325 e. The number of rotatable bonds is 5. The van der Waals surface area contributed by atoms with Gasteiger partial charge in [0, 0.05) is 6.54 Å². The fourth-order valence-corrected chi connectivity index (χ4v) is 3.78. The molecule has 144 valence electrons. The fraction of sp³-hybridized carbons (Fsp3) is 0.474. The van der Waals surface area contributed by atoms with Gasteiger partial charge in [-0.15, -0.1) is 0 Å². The summed E-state index contributed by atoms with van der Waals surface area (Å²) >= 11 is 0. The molecule has 0 aromatic heterocycles. The number of carbonyl (C=O) groups is 4. The van der Waals surface area contributed by atoms with Gasteiger partial charge in [-0.25, -0.2) is 4.79 Å². The van der Waals surface area contributed by atoms with E-state index >= 15 is 0 Å². The Labute approximate surface area is 157 Å². The van der Waals surface area contributed by atoms with E-state index in [9.17, 15) is 19.2 Å². The Bertz CT molecular complexity index is 794. The molecule has 1 fully saturated rings. The first-order valence-electron chi connectivity index (χ1n) is 9.18. The van der Waals surface area contributed by atoms with E-state index in [1.807, 2.05) is 24.3 Å². The van der Waals surface area contributed by atoms with Crippen molar-refractivity contribution < 1.29 is 19.2 Å². The van der Waals surface area contributed by atoms with Crippen molar-refractivity contribution in [1.29, 1.82) is 0 Å². The van der Waals surface area contributed by atoms with E-state index in [4.69, 9.17) is 0 Å². The summed E-state index contributed by atoms with van der Waals surface area (Å²) in [6, 6.07) is 6.23. The maximum atomic E-state index is 13.1. The van der Waals surface area contributed by atoms with Gasteiger partial charge in [-0.3, -0.25) is 19.3 Å². The van der Waals surface area contributed by atoms with Crippen LogP contribution in [0, 0.1) is 0 Å². The predicted molar refractivity (Wildman–Crippen MR) is 97.6 cm³/mol. The molecule has 8 heteroatoms. The van der Waals surface area contributed by atoms with Gasteiger partial charge in [0.05, 0.1) is 0 Å². The van der Waals surface area contributed by atoms with E-state index < -0.39 is 36.0 Å². The second-order valence-corrected chi connectivity index (χ2v) is 6.92. The Balaban J connectivity index is 1.74. The maximum absolute atomic E-state index is 13.1. The number of likely N-dealkylation sites (N-methyl/N-ethyl adjacent to an activating group) is 1. The molecule has 0 bridgehead atoms. The molecule has 0 saturated carbocycles. The Kier molecular flexibility index (Phi) is 5.16. The molecular weight excluding hydrogens is 348 g/mol. The van der Waals surface area contributed by atoms with Crippen molar-refractivity contribution in [2.24, 2.45) is 0 Å². The lowest BCUT2D eigenvalue weighted by molar-refractivity contribution is -0.136. The Morgan fingerprint density at radius 2 is 2.04 bits per heavy atom. The molecule has 0 unspecified atom stereocenters. The number of carbonyl (C=O) groups excluding carboxylic acids is 4. The Morgan fingerprint density at radius 1 is 1.30 bits per heavy atom. The fourth-order valence-electron chi connectivity index (χ4n) is 3.78. The minimum absolute atomic E-state index is 0.319. The van der Waals surface area contributed by atoms with Gasteiger partial charge in [0.15, 0.2) is 0 Å². The van der Waals surface area contributed by atoms with Crippen molar-refractivity contribution in [2.45, 2.75) is 44.7 Å². The third-order valence-electron chi connectivity index (χ3n) is 5.07. The van der Waals surface area contributed by atoms with Crippen LogP contribution in [-0.4, -0.2) is 47.8 Å². The van der Waals surface area contributed by atoms with E-state index in [0.29, 0.717) is 13.0 Å². The molecule has 0 radical (unpaired) electrons. The predicted octanol–water partition coefficient (Wildman–Crippen LogP) is 0.411. The first kappa shape index (κ1) is 18.9. The quantitative estimate of drug-likeness (QED) is 0.651. The highest BCUT2D eigenvalue weighted by molar-refractivity contribution is 6.09. The van der Waals surface area contributed by atoms with Crippen LogP contribution >= 0.6 is 0 Å². The van der Waals surface area contributed by atoms with Crippen LogP contribution in [0.25, 0.3) is 0 Å². The Morgan fingerprint density at radius 3 is 2.78 bits per heavy atom. The molecule has 2 aliphatic rings. The third kappa shape index (κ3) is 3.39. The topological polar surface area (TPSA) is 108 Å². The zero-order chi connectivity index (χ0) is 19.6. The molecule has 1 saturated heterocycles. The number of aryl methyl sites for hydroxylation is 1. The average Bonchev–Trinajstić information content (AvgIpc) is 2.87. The number of imide groups is 1. The number of nitrogens with one attached hydrogen (secondary N) is 3. The second kappa shape index (κ2) is 7.38. The number of hydrogen-bond acceptors (Lipinski definition) is 4. The van der Waals surface area contributed by atoms with E-state index in [2.05, 4.69) is 16.0 Å². The van der Waals surface area contributed by atoms with Gasteiger partial charge < -0.3 is 16.0 Å². The van der Waals surface area contributed by atoms with Gasteiger partial charge in [-0.1, -0.05) is 24.3 Å². The molecule has 2 atom stereocenters. The monoisotopic (exact) mass is 372 g/mol. The number of amides is 5. The smallest absolute Gasteiger partial charge is 0.325 e. The molecule has 27 heavy (non-hydrogen) atoms. The van der Waals surface area contributed by atoms with Gasteiger partial charge in [0.1, 0.15) is 18.1 Å².